The van der Waals surface area contributed by atoms with E-state index >= 15 is 0 Å². The maximum atomic E-state index is 13.0. The van der Waals surface area contributed by atoms with Crippen LogP contribution in [0, 0.1) is 5.92 Å². The van der Waals surface area contributed by atoms with E-state index in [0.717, 1.165) is 24.3 Å². The van der Waals surface area contributed by atoms with Crippen molar-refractivity contribution in [3.8, 4) is 5.88 Å². The van der Waals surface area contributed by atoms with Gasteiger partial charge in [0.1, 0.15) is 23.2 Å². The van der Waals surface area contributed by atoms with E-state index in [1.165, 1.54) is 12.8 Å². The Morgan fingerprint density at radius 1 is 1.36 bits per heavy atom. The third-order valence-electron chi connectivity index (χ3n) is 5.41. The van der Waals surface area contributed by atoms with Crippen LogP contribution in [0.25, 0.3) is 0 Å². The number of ether oxygens (including phenoxy) is 1. The second-order valence-corrected chi connectivity index (χ2v) is 8.37. The number of carbonyl (C=O) groups is 1. The third kappa shape index (κ3) is 4.31. The number of aryl methyl sites for hydroxylation is 1. The number of rotatable bonds is 8. The average molecular weight is 387 g/mol. The van der Waals surface area contributed by atoms with Crippen LogP contribution < -0.4 is 10.1 Å². The van der Waals surface area contributed by atoms with E-state index in [1.54, 1.807) is 10.9 Å². The second kappa shape index (κ2) is 7.48. The van der Waals surface area contributed by atoms with Crippen molar-refractivity contribution in [1.82, 2.24) is 19.8 Å². The van der Waals surface area contributed by atoms with Crippen LogP contribution in [0.15, 0.2) is 16.8 Å². The Kier molecular flexibility index (Phi) is 5.03. The van der Waals surface area contributed by atoms with Crippen LogP contribution in [0.1, 0.15) is 63.8 Å². The zero-order valence-corrected chi connectivity index (χ0v) is 17.0. The molecule has 4 rings (SSSR count). The van der Waals surface area contributed by atoms with Crippen molar-refractivity contribution in [2.75, 3.05) is 5.32 Å². The molecule has 2 saturated carbocycles. The Morgan fingerprint density at radius 3 is 2.75 bits per heavy atom. The SMILES string of the molecule is CC(C)C(C)Oc1nn(C)cc1NC(=O)N(Cc1cc(C2CC2)on1)C1CC1. The Hall–Kier alpha value is -2.51. The molecule has 2 aromatic rings. The van der Waals surface area contributed by atoms with Crippen molar-refractivity contribution in [3.05, 3.63) is 23.7 Å². The highest BCUT2D eigenvalue weighted by molar-refractivity contribution is 5.90. The Bertz CT molecular complexity index is 835. The highest BCUT2D eigenvalue weighted by Crippen LogP contribution is 2.40. The summed E-state index contributed by atoms with van der Waals surface area (Å²) in [7, 11) is 1.82. The standard InChI is InChI=1S/C20H29N5O3/c1-12(2)13(3)27-19-17(11-24(4)22-19)21-20(26)25(16-7-8-16)10-15-9-18(28-23-15)14-5-6-14/h9,11-14,16H,5-8,10H2,1-4H3,(H,21,26). The summed E-state index contributed by atoms with van der Waals surface area (Å²) in [5, 5.41) is 11.5. The van der Waals surface area contributed by atoms with Crippen molar-refractivity contribution in [2.45, 2.75) is 71.1 Å². The molecule has 2 aliphatic carbocycles. The fourth-order valence-corrected chi connectivity index (χ4v) is 3.03. The quantitative estimate of drug-likeness (QED) is 0.742. The number of hydrogen-bond donors (Lipinski definition) is 1. The van der Waals surface area contributed by atoms with Gasteiger partial charge in [0.05, 0.1) is 12.7 Å². The zero-order chi connectivity index (χ0) is 19.8. The summed E-state index contributed by atoms with van der Waals surface area (Å²) >= 11 is 0. The maximum absolute atomic E-state index is 13.0. The third-order valence-corrected chi connectivity index (χ3v) is 5.41. The molecule has 0 spiro atoms. The minimum atomic E-state index is -0.159. The number of carbonyl (C=O) groups excluding carboxylic acids is 1. The Morgan fingerprint density at radius 2 is 2.11 bits per heavy atom. The molecule has 1 unspecified atom stereocenters. The van der Waals surface area contributed by atoms with E-state index in [9.17, 15) is 4.79 Å². The minimum absolute atomic E-state index is 0.000984. The molecule has 8 nitrogen and oxygen atoms in total. The molecule has 0 aromatic carbocycles. The molecule has 2 aliphatic rings. The van der Waals surface area contributed by atoms with Crippen molar-refractivity contribution in [3.63, 3.8) is 0 Å². The fraction of sp³-hybridized carbons (Fsp3) is 0.650. The number of amides is 2. The van der Waals surface area contributed by atoms with Gasteiger partial charge in [-0.3, -0.25) is 4.68 Å². The number of nitrogens with one attached hydrogen (secondary N) is 1. The lowest BCUT2D eigenvalue weighted by atomic mass is 10.1. The Balaban J connectivity index is 1.44. The first-order valence-electron chi connectivity index (χ1n) is 10.1. The van der Waals surface area contributed by atoms with Gasteiger partial charge in [-0.05, 0) is 38.5 Å². The van der Waals surface area contributed by atoms with Gasteiger partial charge >= 0.3 is 6.03 Å². The summed E-state index contributed by atoms with van der Waals surface area (Å²) in [5.74, 6) is 2.26. The van der Waals surface area contributed by atoms with E-state index in [2.05, 4.69) is 29.4 Å². The van der Waals surface area contributed by atoms with E-state index in [-0.39, 0.29) is 18.2 Å². The molecule has 0 bridgehead atoms. The average Bonchev–Trinajstić information content (AvgIpc) is 3.57. The molecule has 2 fully saturated rings. The predicted molar refractivity (Wildman–Crippen MR) is 104 cm³/mol. The topological polar surface area (TPSA) is 85.4 Å². The zero-order valence-electron chi connectivity index (χ0n) is 17.0. The predicted octanol–water partition coefficient (Wildman–Crippen LogP) is 3.91. The lowest BCUT2D eigenvalue weighted by molar-refractivity contribution is 0.163. The van der Waals surface area contributed by atoms with E-state index < -0.39 is 0 Å². The summed E-state index contributed by atoms with van der Waals surface area (Å²) in [6.07, 6.45) is 6.14. The number of anilines is 1. The Labute approximate surface area is 165 Å². The molecule has 152 valence electrons. The first-order chi connectivity index (χ1) is 13.4. The summed E-state index contributed by atoms with van der Waals surface area (Å²) in [6.45, 7) is 6.64. The maximum Gasteiger partial charge on any atom is 0.322 e. The van der Waals surface area contributed by atoms with Crippen LogP contribution in [0.2, 0.25) is 0 Å². The number of nitrogens with zero attached hydrogens (tertiary/aromatic N) is 4. The number of hydrogen-bond acceptors (Lipinski definition) is 5. The van der Waals surface area contributed by atoms with Crippen LogP contribution >= 0.6 is 0 Å². The highest BCUT2D eigenvalue weighted by Gasteiger charge is 2.35. The first-order valence-corrected chi connectivity index (χ1v) is 10.1. The molecule has 0 saturated heterocycles. The molecule has 1 atom stereocenters. The molecule has 2 amide bonds. The lowest BCUT2D eigenvalue weighted by Crippen LogP contribution is -2.36. The molecule has 28 heavy (non-hydrogen) atoms. The van der Waals surface area contributed by atoms with E-state index in [4.69, 9.17) is 9.26 Å². The van der Waals surface area contributed by atoms with Crippen LogP contribution in [-0.2, 0) is 13.6 Å². The van der Waals surface area contributed by atoms with Gasteiger partial charge in [0.25, 0.3) is 5.88 Å². The molecule has 2 heterocycles. The van der Waals surface area contributed by atoms with E-state index in [0.29, 0.717) is 29.9 Å². The monoisotopic (exact) mass is 387 g/mol. The summed E-state index contributed by atoms with van der Waals surface area (Å²) in [5.41, 5.74) is 1.39. The van der Waals surface area contributed by atoms with Crippen molar-refractivity contribution in [2.24, 2.45) is 13.0 Å². The molecule has 0 radical (unpaired) electrons. The largest absolute Gasteiger partial charge is 0.472 e. The van der Waals surface area contributed by atoms with Gasteiger partial charge in [-0.2, -0.15) is 0 Å². The minimum Gasteiger partial charge on any atom is -0.472 e. The second-order valence-electron chi connectivity index (χ2n) is 8.37. The van der Waals surface area contributed by atoms with Crippen molar-refractivity contribution >= 4 is 11.7 Å². The van der Waals surface area contributed by atoms with Crippen molar-refractivity contribution < 1.29 is 14.1 Å². The molecule has 2 aromatic heterocycles. The van der Waals surface area contributed by atoms with Crippen LogP contribution in [0.3, 0.4) is 0 Å². The molecule has 0 aliphatic heterocycles. The lowest BCUT2D eigenvalue weighted by Gasteiger charge is -2.22. The van der Waals surface area contributed by atoms with Gasteiger partial charge in [-0.25, -0.2) is 4.79 Å². The van der Waals surface area contributed by atoms with Crippen LogP contribution in [-0.4, -0.2) is 38.0 Å². The van der Waals surface area contributed by atoms with Crippen molar-refractivity contribution in [1.29, 1.82) is 0 Å². The normalized spacial score (nSPS) is 17.6. The van der Waals surface area contributed by atoms with Crippen LogP contribution in [0.5, 0.6) is 5.88 Å². The van der Waals surface area contributed by atoms with Gasteiger partial charge in [-0.15, -0.1) is 5.10 Å². The van der Waals surface area contributed by atoms with Gasteiger partial charge in [0.2, 0.25) is 0 Å². The fourth-order valence-electron chi connectivity index (χ4n) is 3.03. The smallest absolute Gasteiger partial charge is 0.322 e. The molecular weight excluding hydrogens is 358 g/mol. The van der Waals surface area contributed by atoms with E-state index in [1.807, 2.05) is 24.9 Å². The van der Waals surface area contributed by atoms with Gasteiger partial charge in [0, 0.05) is 25.1 Å². The molecule has 8 heteroatoms. The highest BCUT2D eigenvalue weighted by atomic mass is 16.5. The van der Waals surface area contributed by atoms with Gasteiger partial charge in [-0.1, -0.05) is 19.0 Å². The summed E-state index contributed by atoms with van der Waals surface area (Å²) in [6, 6.07) is 2.08. The molecule has 1 N–H and O–H groups in total. The number of aromatic nitrogens is 3. The summed E-state index contributed by atoms with van der Waals surface area (Å²) < 4.78 is 13.0. The summed E-state index contributed by atoms with van der Waals surface area (Å²) in [4.78, 5) is 14.8. The van der Waals surface area contributed by atoms with Gasteiger partial charge in [0.15, 0.2) is 0 Å². The number of urea groups is 1. The van der Waals surface area contributed by atoms with Gasteiger partial charge < -0.3 is 19.5 Å². The molecular formula is C20H29N5O3. The van der Waals surface area contributed by atoms with Crippen LogP contribution in [0.4, 0.5) is 10.5 Å². The first kappa shape index (κ1) is 18.8.